The lowest BCUT2D eigenvalue weighted by molar-refractivity contribution is -0.120. The number of nitrogens with one attached hydrogen (secondary N) is 1. The van der Waals surface area contributed by atoms with E-state index >= 15 is 0 Å². The highest BCUT2D eigenvalue weighted by molar-refractivity contribution is 5.78. The highest BCUT2D eigenvalue weighted by atomic mass is 16.1. The predicted molar refractivity (Wildman–Crippen MR) is 70.6 cm³/mol. The molecule has 4 heteroatoms. The molecule has 0 saturated heterocycles. The Kier molecular flexibility index (Phi) is 3.91. The van der Waals surface area contributed by atoms with Crippen molar-refractivity contribution in [2.24, 2.45) is 0 Å². The van der Waals surface area contributed by atoms with Gasteiger partial charge in [-0.05, 0) is 29.3 Å². The molecule has 2 aromatic rings. The fourth-order valence-electron chi connectivity index (χ4n) is 1.59. The molecule has 0 radical (unpaired) electrons. The summed E-state index contributed by atoms with van der Waals surface area (Å²) in [6.45, 7) is 0.502. The topological polar surface area (TPSA) is 68.0 Å². The molecule has 18 heavy (non-hydrogen) atoms. The number of nitrogens with two attached hydrogens (primary N) is 1. The van der Waals surface area contributed by atoms with E-state index in [0.29, 0.717) is 18.7 Å². The molecule has 0 aliphatic heterocycles. The molecule has 92 valence electrons. The first kappa shape index (κ1) is 12.1. The molecule has 0 aliphatic rings. The summed E-state index contributed by atoms with van der Waals surface area (Å²) in [7, 11) is 0. The molecule has 0 aliphatic carbocycles. The van der Waals surface area contributed by atoms with Crippen molar-refractivity contribution in [1.82, 2.24) is 10.3 Å². The van der Waals surface area contributed by atoms with Crippen LogP contribution in [0.1, 0.15) is 11.1 Å². The summed E-state index contributed by atoms with van der Waals surface area (Å²) in [5.41, 5.74) is 8.23. The number of anilines is 1. The van der Waals surface area contributed by atoms with Crippen LogP contribution < -0.4 is 11.1 Å². The van der Waals surface area contributed by atoms with Crippen molar-refractivity contribution in [1.29, 1.82) is 0 Å². The van der Waals surface area contributed by atoms with Gasteiger partial charge in [0.05, 0.1) is 6.42 Å². The predicted octanol–water partition coefficient (Wildman–Crippen LogP) is 1.52. The van der Waals surface area contributed by atoms with E-state index < -0.39 is 0 Å². The van der Waals surface area contributed by atoms with E-state index in [-0.39, 0.29) is 5.91 Å². The van der Waals surface area contributed by atoms with E-state index in [9.17, 15) is 4.79 Å². The van der Waals surface area contributed by atoms with Gasteiger partial charge in [-0.25, -0.2) is 0 Å². The standard InChI is InChI=1S/C14H15N3O/c15-13-5-3-11(4-6-13)8-14(18)17-10-12-2-1-7-16-9-12/h1-7,9H,8,10,15H2,(H,17,18). The van der Waals surface area contributed by atoms with E-state index in [1.165, 1.54) is 0 Å². The Morgan fingerprint density at radius 2 is 1.94 bits per heavy atom. The number of nitrogen functional groups attached to an aromatic ring is 1. The van der Waals surface area contributed by atoms with Gasteiger partial charge in [0.25, 0.3) is 0 Å². The molecule has 1 amide bonds. The molecule has 0 fully saturated rings. The van der Waals surface area contributed by atoms with Crippen molar-refractivity contribution in [3.63, 3.8) is 0 Å². The Balaban J connectivity index is 1.84. The lowest BCUT2D eigenvalue weighted by Gasteiger charge is -2.05. The number of benzene rings is 1. The second-order valence-corrected chi connectivity index (χ2v) is 4.06. The third-order valence-electron chi connectivity index (χ3n) is 2.56. The molecule has 0 unspecified atom stereocenters. The van der Waals surface area contributed by atoms with Crippen molar-refractivity contribution in [2.45, 2.75) is 13.0 Å². The Labute approximate surface area is 106 Å². The Morgan fingerprint density at radius 3 is 2.61 bits per heavy atom. The summed E-state index contributed by atoms with van der Waals surface area (Å²) in [5, 5.41) is 2.85. The Bertz CT molecular complexity index is 508. The van der Waals surface area contributed by atoms with Gasteiger partial charge in [-0.2, -0.15) is 0 Å². The average molecular weight is 241 g/mol. The molecule has 0 spiro atoms. The van der Waals surface area contributed by atoms with E-state index in [1.54, 1.807) is 24.5 Å². The summed E-state index contributed by atoms with van der Waals surface area (Å²) in [4.78, 5) is 15.7. The number of hydrogen-bond donors (Lipinski definition) is 2. The highest BCUT2D eigenvalue weighted by Gasteiger charge is 2.03. The van der Waals surface area contributed by atoms with Gasteiger partial charge in [-0.1, -0.05) is 18.2 Å². The van der Waals surface area contributed by atoms with Gasteiger partial charge < -0.3 is 11.1 Å². The van der Waals surface area contributed by atoms with Crippen molar-refractivity contribution in [3.05, 3.63) is 59.9 Å². The fourth-order valence-corrected chi connectivity index (χ4v) is 1.59. The molecule has 4 nitrogen and oxygen atoms in total. The number of pyridine rings is 1. The van der Waals surface area contributed by atoms with Gasteiger partial charge in [0.15, 0.2) is 0 Å². The molecule has 1 heterocycles. The van der Waals surface area contributed by atoms with Crippen LogP contribution in [-0.2, 0) is 17.8 Å². The minimum Gasteiger partial charge on any atom is -0.399 e. The average Bonchev–Trinajstić information content (AvgIpc) is 2.40. The van der Waals surface area contributed by atoms with Crippen LogP contribution in [0.3, 0.4) is 0 Å². The van der Waals surface area contributed by atoms with E-state index in [4.69, 9.17) is 5.73 Å². The molecule has 0 atom stereocenters. The van der Waals surface area contributed by atoms with Crippen LogP contribution >= 0.6 is 0 Å². The third-order valence-corrected chi connectivity index (χ3v) is 2.56. The number of nitrogens with zero attached hydrogens (tertiary/aromatic N) is 1. The molecule has 0 bridgehead atoms. The molecular weight excluding hydrogens is 226 g/mol. The van der Waals surface area contributed by atoms with Gasteiger partial charge in [0, 0.05) is 24.6 Å². The minimum atomic E-state index is -0.0105. The van der Waals surface area contributed by atoms with Crippen LogP contribution in [0.5, 0.6) is 0 Å². The monoisotopic (exact) mass is 241 g/mol. The number of carbonyl (C=O) groups is 1. The zero-order chi connectivity index (χ0) is 12.8. The summed E-state index contributed by atoms with van der Waals surface area (Å²) in [6.07, 6.45) is 3.81. The van der Waals surface area contributed by atoms with Gasteiger partial charge >= 0.3 is 0 Å². The first-order chi connectivity index (χ1) is 8.74. The summed E-state index contributed by atoms with van der Waals surface area (Å²) < 4.78 is 0. The quantitative estimate of drug-likeness (QED) is 0.797. The zero-order valence-electron chi connectivity index (χ0n) is 9.97. The number of hydrogen-bond acceptors (Lipinski definition) is 3. The minimum absolute atomic E-state index is 0.0105. The van der Waals surface area contributed by atoms with E-state index in [1.807, 2.05) is 24.3 Å². The Morgan fingerprint density at radius 1 is 1.17 bits per heavy atom. The third kappa shape index (κ3) is 3.59. The smallest absolute Gasteiger partial charge is 0.224 e. The maximum Gasteiger partial charge on any atom is 0.224 e. The molecule has 3 N–H and O–H groups in total. The van der Waals surface area contributed by atoms with Gasteiger partial charge in [-0.15, -0.1) is 0 Å². The molecule has 2 rings (SSSR count). The Hall–Kier alpha value is -2.36. The first-order valence-corrected chi connectivity index (χ1v) is 5.74. The summed E-state index contributed by atoms with van der Waals surface area (Å²) >= 11 is 0. The number of aromatic nitrogens is 1. The highest BCUT2D eigenvalue weighted by Crippen LogP contribution is 2.06. The van der Waals surface area contributed by atoms with Gasteiger partial charge in [-0.3, -0.25) is 9.78 Å². The largest absolute Gasteiger partial charge is 0.399 e. The second kappa shape index (κ2) is 5.82. The second-order valence-electron chi connectivity index (χ2n) is 4.06. The molecule has 0 saturated carbocycles. The zero-order valence-corrected chi connectivity index (χ0v) is 9.97. The van der Waals surface area contributed by atoms with Gasteiger partial charge in [0.1, 0.15) is 0 Å². The van der Waals surface area contributed by atoms with Gasteiger partial charge in [0.2, 0.25) is 5.91 Å². The van der Waals surface area contributed by atoms with Crippen LogP contribution in [0, 0.1) is 0 Å². The van der Waals surface area contributed by atoms with Crippen molar-refractivity contribution >= 4 is 11.6 Å². The first-order valence-electron chi connectivity index (χ1n) is 5.74. The van der Waals surface area contributed by atoms with E-state index in [0.717, 1.165) is 11.1 Å². The lowest BCUT2D eigenvalue weighted by Crippen LogP contribution is -2.24. The maximum absolute atomic E-state index is 11.7. The van der Waals surface area contributed by atoms with Crippen molar-refractivity contribution < 1.29 is 4.79 Å². The summed E-state index contributed by atoms with van der Waals surface area (Å²) in [5.74, 6) is -0.0105. The summed E-state index contributed by atoms with van der Waals surface area (Å²) in [6, 6.07) is 11.1. The lowest BCUT2D eigenvalue weighted by atomic mass is 10.1. The molecule has 1 aromatic heterocycles. The van der Waals surface area contributed by atoms with E-state index in [2.05, 4.69) is 10.3 Å². The fraction of sp³-hybridized carbons (Fsp3) is 0.143. The molecular formula is C14H15N3O. The van der Waals surface area contributed by atoms with Crippen LogP contribution in [0.15, 0.2) is 48.8 Å². The van der Waals surface area contributed by atoms with Crippen LogP contribution in [0.2, 0.25) is 0 Å². The normalized spacial score (nSPS) is 10.0. The van der Waals surface area contributed by atoms with Crippen molar-refractivity contribution in [3.8, 4) is 0 Å². The van der Waals surface area contributed by atoms with Crippen molar-refractivity contribution in [2.75, 3.05) is 5.73 Å². The van der Waals surface area contributed by atoms with Crippen LogP contribution in [0.25, 0.3) is 0 Å². The SMILES string of the molecule is Nc1ccc(CC(=O)NCc2cccnc2)cc1. The maximum atomic E-state index is 11.7. The number of rotatable bonds is 4. The molecule has 1 aromatic carbocycles. The van der Waals surface area contributed by atoms with Crippen LogP contribution in [0.4, 0.5) is 5.69 Å². The number of amides is 1. The van der Waals surface area contributed by atoms with Crippen LogP contribution in [-0.4, -0.2) is 10.9 Å². The number of carbonyl (C=O) groups excluding carboxylic acids is 1.